The van der Waals surface area contributed by atoms with E-state index in [9.17, 15) is 4.79 Å². The van der Waals surface area contributed by atoms with Crippen molar-refractivity contribution in [3.05, 3.63) is 0 Å². The molecule has 0 saturated carbocycles. The van der Waals surface area contributed by atoms with Gasteiger partial charge in [0.1, 0.15) is 0 Å². The maximum Gasteiger partial charge on any atom is 0.225 e. The second kappa shape index (κ2) is 8.79. The molecule has 0 aromatic carbocycles. The molecule has 2 nitrogen and oxygen atoms in total. The summed E-state index contributed by atoms with van der Waals surface area (Å²) < 4.78 is 0. The first-order chi connectivity index (χ1) is 8.74. The first-order valence-electron chi connectivity index (χ1n) is 7.61. The van der Waals surface area contributed by atoms with Gasteiger partial charge in [-0.2, -0.15) is 0 Å². The van der Waals surface area contributed by atoms with Crippen molar-refractivity contribution in [3.8, 4) is 0 Å². The van der Waals surface area contributed by atoms with Crippen molar-refractivity contribution in [3.63, 3.8) is 0 Å². The number of amides is 1. The summed E-state index contributed by atoms with van der Waals surface area (Å²) in [5.41, 5.74) is 0. The molecule has 0 aliphatic carbocycles. The summed E-state index contributed by atoms with van der Waals surface area (Å²) in [5.74, 6) is 1.37. The Morgan fingerprint density at radius 1 is 1.39 bits per heavy atom. The van der Waals surface area contributed by atoms with Crippen LogP contribution in [0.1, 0.15) is 65.2 Å². The van der Waals surface area contributed by atoms with Gasteiger partial charge >= 0.3 is 0 Å². The Labute approximate surface area is 117 Å². The van der Waals surface area contributed by atoms with E-state index in [4.69, 9.17) is 11.6 Å². The fourth-order valence-corrected chi connectivity index (χ4v) is 3.08. The van der Waals surface area contributed by atoms with Crippen LogP contribution in [0.25, 0.3) is 0 Å². The molecule has 0 aromatic rings. The van der Waals surface area contributed by atoms with Crippen LogP contribution in [-0.2, 0) is 4.79 Å². The zero-order chi connectivity index (χ0) is 13.4. The predicted molar refractivity (Wildman–Crippen MR) is 78.0 cm³/mol. The lowest BCUT2D eigenvalue weighted by atomic mass is 9.97. The topological polar surface area (TPSA) is 20.3 Å². The van der Waals surface area contributed by atoms with E-state index in [0.29, 0.717) is 17.8 Å². The molecule has 0 bridgehead atoms. The fraction of sp³-hybridized carbons (Fsp3) is 0.933. The highest BCUT2D eigenvalue weighted by molar-refractivity contribution is 6.17. The number of likely N-dealkylation sites (tertiary alicyclic amines) is 1. The number of nitrogens with zero attached hydrogens (tertiary/aromatic N) is 1. The average molecular weight is 274 g/mol. The van der Waals surface area contributed by atoms with E-state index in [1.807, 2.05) is 0 Å². The first kappa shape index (κ1) is 15.8. The van der Waals surface area contributed by atoms with Crippen LogP contribution in [0.15, 0.2) is 0 Å². The van der Waals surface area contributed by atoms with Gasteiger partial charge < -0.3 is 4.90 Å². The van der Waals surface area contributed by atoms with Crippen LogP contribution in [0, 0.1) is 5.92 Å². The number of hydrogen-bond donors (Lipinski definition) is 0. The molecule has 1 amide bonds. The second-order valence-corrected chi connectivity index (χ2v) is 5.78. The Morgan fingerprint density at radius 3 is 2.78 bits per heavy atom. The molecule has 106 valence electrons. The first-order valence-corrected chi connectivity index (χ1v) is 8.14. The predicted octanol–water partition coefficient (Wildman–Crippen LogP) is 4.21. The lowest BCUT2D eigenvalue weighted by Crippen LogP contribution is -2.39. The highest BCUT2D eigenvalue weighted by Gasteiger charge is 2.31. The maximum absolute atomic E-state index is 12.5. The van der Waals surface area contributed by atoms with E-state index >= 15 is 0 Å². The molecule has 0 spiro atoms. The standard InChI is InChI=1S/C15H28ClNO/c1-3-5-8-13(4-2)15(18)17-12-7-10-14(17)9-6-11-16/h13-14H,3-12H2,1-2H3. The van der Waals surface area contributed by atoms with Crippen molar-refractivity contribution >= 4 is 17.5 Å². The molecule has 1 saturated heterocycles. The summed E-state index contributed by atoms with van der Waals surface area (Å²) in [4.78, 5) is 14.7. The van der Waals surface area contributed by atoms with Gasteiger partial charge in [0.15, 0.2) is 0 Å². The summed E-state index contributed by atoms with van der Waals surface area (Å²) in [6, 6.07) is 0.465. The Balaban J connectivity index is 2.51. The highest BCUT2D eigenvalue weighted by Crippen LogP contribution is 2.26. The summed E-state index contributed by atoms with van der Waals surface area (Å²) >= 11 is 5.76. The average Bonchev–Trinajstić information content (AvgIpc) is 2.85. The molecule has 3 heteroatoms. The van der Waals surface area contributed by atoms with Crippen molar-refractivity contribution in [2.24, 2.45) is 5.92 Å². The van der Waals surface area contributed by atoms with E-state index in [-0.39, 0.29) is 5.92 Å². The summed E-state index contributed by atoms with van der Waals surface area (Å²) in [5, 5.41) is 0. The van der Waals surface area contributed by atoms with Gasteiger partial charge in [0.05, 0.1) is 0 Å². The molecular weight excluding hydrogens is 246 g/mol. The van der Waals surface area contributed by atoms with Crippen LogP contribution in [0.2, 0.25) is 0 Å². The zero-order valence-corrected chi connectivity index (χ0v) is 12.7. The van der Waals surface area contributed by atoms with Gasteiger partial charge in [-0.15, -0.1) is 11.6 Å². The molecule has 1 rings (SSSR count). The third kappa shape index (κ3) is 4.46. The summed E-state index contributed by atoms with van der Waals surface area (Å²) in [7, 11) is 0. The zero-order valence-electron chi connectivity index (χ0n) is 12.0. The number of carbonyl (C=O) groups is 1. The Kier molecular flexibility index (Phi) is 7.73. The molecule has 2 atom stereocenters. The molecule has 1 aliphatic rings. The minimum Gasteiger partial charge on any atom is -0.339 e. The van der Waals surface area contributed by atoms with E-state index in [1.54, 1.807) is 0 Å². The van der Waals surface area contributed by atoms with Crippen molar-refractivity contribution < 1.29 is 4.79 Å². The number of rotatable bonds is 8. The molecule has 1 fully saturated rings. The summed E-state index contributed by atoms with van der Waals surface area (Å²) in [6.07, 6.45) is 8.85. The summed E-state index contributed by atoms with van der Waals surface area (Å²) in [6.45, 7) is 5.30. The van der Waals surface area contributed by atoms with E-state index in [1.165, 1.54) is 25.7 Å². The maximum atomic E-state index is 12.5. The van der Waals surface area contributed by atoms with Crippen LogP contribution in [-0.4, -0.2) is 29.3 Å². The molecule has 18 heavy (non-hydrogen) atoms. The minimum atomic E-state index is 0.251. The Bertz CT molecular complexity index is 245. The Morgan fingerprint density at radius 2 is 2.17 bits per heavy atom. The van der Waals surface area contributed by atoms with Gasteiger partial charge in [0, 0.05) is 24.4 Å². The molecule has 0 aromatic heterocycles. The SMILES string of the molecule is CCCCC(CC)C(=O)N1CCCC1CCCCl. The number of unbranched alkanes of at least 4 members (excludes halogenated alkanes) is 1. The molecule has 2 unspecified atom stereocenters. The van der Waals surface area contributed by atoms with Gasteiger partial charge in [-0.25, -0.2) is 0 Å². The van der Waals surface area contributed by atoms with Crippen molar-refractivity contribution in [2.45, 2.75) is 71.3 Å². The van der Waals surface area contributed by atoms with Gasteiger partial charge in [-0.3, -0.25) is 4.79 Å². The molecule has 1 aliphatic heterocycles. The van der Waals surface area contributed by atoms with Crippen LogP contribution in [0.5, 0.6) is 0 Å². The van der Waals surface area contributed by atoms with E-state index in [0.717, 1.165) is 32.2 Å². The van der Waals surface area contributed by atoms with Crippen molar-refractivity contribution in [1.29, 1.82) is 0 Å². The normalized spacial score (nSPS) is 21.3. The van der Waals surface area contributed by atoms with Crippen molar-refractivity contribution in [1.82, 2.24) is 4.90 Å². The van der Waals surface area contributed by atoms with Gasteiger partial charge in [0.25, 0.3) is 0 Å². The fourth-order valence-electron chi connectivity index (χ4n) is 2.93. The lowest BCUT2D eigenvalue weighted by Gasteiger charge is -2.28. The molecule has 1 heterocycles. The quantitative estimate of drug-likeness (QED) is 0.607. The third-order valence-electron chi connectivity index (χ3n) is 4.08. The van der Waals surface area contributed by atoms with Crippen LogP contribution >= 0.6 is 11.6 Å². The third-order valence-corrected chi connectivity index (χ3v) is 4.35. The lowest BCUT2D eigenvalue weighted by molar-refractivity contribution is -0.136. The van der Waals surface area contributed by atoms with Gasteiger partial charge in [-0.1, -0.05) is 26.7 Å². The second-order valence-electron chi connectivity index (χ2n) is 5.41. The highest BCUT2D eigenvalue weighted by atomic mass is 35.5. The monoisotopic (exact) mass is 273 g/mol. The van der Waals surface area contributed by atoms with Crippen LogP contribution in [0.3, 0.4) is 0 Å². The molecular formula is C15H28ClNO. The number of carbonyl (C=O) groups excluding carboxylic acids is 1. The Hall–Kier alpha value is -0.240. The minimum absolute atomic E-state index is 0.251. The number of alkyl halides is 1. The van der Waals surface area contributed by atoms with Crippen LogP contribution < -0.4 is 0 Å². The van der Waals surface area contributed by atoms with E-state index < -0.39 is 0 Å². The van der Waals surface area contributed by atoms with E-state index in [2.05, 4.69) is 18.7 Å². The largest absolute Gasteiger partial charge is 0.339 e. The smallest absolute Gasteiger partial charge is 0.225 e. The van der Waals surface area contributed by atoms with Gasteiger partial charge in [-0.05, 0) is 38.5 Å². The molecule has 0 N–H and O–H groups in total. The van der Waals surface area contributed by atoms with Crippen molar-refractivity contribution in [2.75, 3.05) is 12.4 Å². The number of hydrogen-bond acceptors (Lipinski definition) is 1. The van der Waals surface area contributed by atoms with Crippen LogP contribution in [0.4, 0.5) is 0 Å². The van der Waals surface area contributed by atoms with Gasteiger partial charge in [0.2, 0.25) is 5.91 Å². The molecule has 0 radical (unpaired) electrons. The number of halogens is 1.